The summed E-state index contributed by atoms with van der Waals surface area (Å²) in [6, 6.07) is 9.79. The fourth-order valence-electron chi connectivity index (χ4n) is 1.90. The molecule has 0 spiro atoms. The maximum absolute atomic E-state index is 5.92. The van der Waals surface area contributed by atoms with Crippen LogP contribution in [0.25, 0.3) is 11.5 Å². The largest absolute Gasteiger partial charge is 0.444 e. The van der Waals surface area contributed by atoms with Gasteiger partial charge in [-0.2, -0.15) is 0 Å². The number of aliphatic imine (C=N–C) groups is 1. The van der Waals surface area contributed by atoms with Gasteiger partial charge < -0.3 is 15.1 Å². The first-order valence-corrected chi connectivity index (χ1v) is 6.79. The van der Waals surface area contributed by atoms with Crippen molar-refractivity contribution < 1.29 is 4.42 Å². The van der Waals surface area contributed by atoms with E-state index in [1.54, 1.807) is 6.26 Å². The number of hydrogen-bond acceptors (Lipinski definition) is 3. The molecule has 2 aromatic rings. The van der Waals surface area contributed by atoms with Gasteiger partial charge in [-0.1, -0.05) is 18.2 Å². The molecule has 0 aliphatic heterocycles. The van der Waals surface area contributed by atoms with Crippen LogP contribution in [0.1, 0.15) is 19.5 Å². The minimum atomic E-state index is 0. The summed E-state index contributed by atoms with van der Waals surface area (Å²) in [6.07, 6.45) is 1.63. The first-order chi connectivity index (χ1) is 9.74. The number of aromatic nitrogens is 1. The van der Waals surface area contributed by atoms with Crippen LogP contribution in [-0.2, 0) is 6.54 Å². The molecule has 1 heterocycles. The lowest BCUT2D eigenvalue weighted by Crippen LogP contribution is -2.37. The lowest BCUT2D eigenvalue weighted by atomic mass is 10.2. The lowest BCUT2D eigenvalue weighted by Gasteiger charge is -2.18. The van der Waals surface area contributed by atoms with Gasteiger partial charge in [0.05, 0.1) is 6.54 Å². The number of benzene rings is 1. The van der Waals surface area contributed by atoms with E-state index < -0.39 is 0 Å². The Balaban J connectivity index is 0.00000220. The van der Waals surface area contributed by atoms with Crippen LogP contribution in [0.2, 0.25) is 0 Å². The Morgan fingerprint density at radius 1 is 1.24 bits per heavy atom. The normalized spacial score (nSPS) is 11.0. The molecule has 0 aliphatic carbocycles. The number of halogens is 1. The fraction of sp³-hybridized carbons (Fsp3) is 0.333. The average Bonchev–Trinajstić information content (AvgIpc) is 2.96. The molecule has 1 aromatic carbocycles. The van der Waals surface area contributed by atoms with Crippen molar-refractivity contribution in [3.05, 3.63) is 42.3 Å². The topological polar surface area (TPSA) is 67.7 Å². The van der Waals surface area contributed by atoms with Gasteiger partial charge in [0, 0.05) is 18.7 Å². The van der Waals surface area contributed by atoms with Crippen molar-refractivity contribution in [1.29, 1.82) is 0 Å². The molecule has 0 radical (unpaired) electrons. The Kier molecular flexibility index (Phi) is 7.21. The van der Waals surface area contributed by atoms with Crippen molar-refractivity contribution >= 4 is 29.9 Å². The zero-order valence-electron chi connectivity index (χ0n) is 12.3. The number of guanidine groups is 1. The Bertz CT molecular complexity index is 564. The van der Waals surface area contributed by atoms with Crippen LogP contribution in [0.15, 0.2) is 46.0 Å². The molecule has 0 saturated carbocycles. The number of rotatable bonds is 5. The van der Waals surface area contributed by atoms with Crippen LogP contribution in [0.5, 0.6) is 0 Å². The predicted molar refractivity (Wildman–Crippen MR) is 95.6 cm³/mol. The molecule has 0 saturated heterocycles. The van der Waals surface area contributed by atoms with E-state index in [9.17, 15) is 0 Å². The summed E-state index contributed by atoms with van der Waals surface area (Å²) in [7, 11) is 0. The molecule has 0 unspecified atom stereocenters. The van der Waals surface area contributed by atoms with Crippen LogP contribution in [0.3, 0.4) is 0 Å². The molecule has 114 valence electrons. The minimum absolute atomic E-state index is 0. The van der Waals surface area contributed by atoms with Gasteiger partial charge in [-0.25, -0.2) is 9.98 Å². The highest BCUT2D eigenvalue weighted by molar-refractivity contribution is 14.0. The van der Waals surface area contributed by atoms with Crippen molar-refractivity contribution in [2.24, 2.45) is 10.7 Å². The average molecular weight is 400 g/mol. The molecule has 0 fully saturated rings. The summed E-state index contributed by atoms with van der Waals surface area (Å²) in [5, 5.41) is 0. The van der Waals surface area contributed by atoms with E-state index in [1.807, 2.05) is 35.2 Å². The number of oxazole rings is 1. The van der Waals surface area contributed by atoms with Crippen LogP contribution in [0, 0.1) is 0 Å². The highest BCUT2D eigenvalue weighted by atomic mass is 127. The molecule has 6 heteroatoms. The van der Waals surface area contributed by atoms with Gasteiger partial charge in [-0.05, 0) is 26.0 Å². The molecule has 0 aliphatic rings. The molecule has 21 heavy (non-hydrogen) atoms. The Labute approximate surface area is 142 Å². The standard InChI is InChI=1S/C15H20N4O.HI/c1-3-19(4-2)15(16)17-10-13-11-20-14(18-13)12-8-6-5-7-9-12;/h5-9,11H,3-4,10H2,1-2H3,(H2,16,17);1H. The van der Waals surface area contributed by atoms with E-state index in [0.717, 1.165) is 24.3 Å². The fourth-order valence-corrected chi connectivity index (χ4v) is 1.90. The maximum Gasteiger partial charge on any atom is 0.226 e. The first-order valence-electron chi connectivity index (χ1n) is 6.79. The second-order valence-corrected chi connectivity index (χ2v) is 4.36. The summed E-state index contributed by atoms with van der Waals surface area (Å²) < 4.78 is 5.46. The molecule has 5 nitrogen and oxygen atoms in total. The summed E-state index contributed by atoms with van der Waals surface area (Å²) in [5.74, 6) is 1.15. The van der Waals surface area contributed by atoms with E-state index >= 15 is 0 Å². The maximum atomic E-state index is 5.92. The lowest BCUT2D eigenvalue weighted by molar-refractivity contribution is 0.458. The third-order valence-corrected chi connectivity index (χ3v) is 3.06. The zero-order valence-corrected chi connectivity index (χ0v) is 14.7. The van der Waals surface area contributed by atoms with Crippen LogP contribution in [-0.4, -0.2) is 28.9 Å². The van der Waals surface area contributed by atoms with Crippen molar-refractivity contribution in [2.45, 2.75) is 20.4 Å². The molecule has 1 aromatic heterocycles. The Hall–Kier alpha value is -1.57. The second-order valence-electron chi connectivity index (χ2n) is 4.36. The minimum Gasteiger partial charge on any atom is -0.444 e. The summed E-state index contributed by atoms with van der Waals surface area (Å²) in [5.41, 5.74) is 7.66. The van der Waals surface area contributed by atoms with Crippen LogP contribution in [0.4, 0.5) is 0 Å². The van der Waals surface area contributed by atoms with E-state index in [0.29, 0.717) is 18.4 Å². The van der Waals surface area contributed by atoms with Gasteiger partial charge in [0.25, 0.3) is 0 Å². The number of hydrogen-bond donors (Lipinski definition) is 1. The molecular formula is C15H21IN4O. The molecule has 2 N–H and O–H groups in total. The molecule has 0 bridgehead atoms. The van der Waals surface area contributed by atoms with Crippen LogP contribution >= 0.6 is 24.0 Å². The quantitative estimate of drug-likeness (QED) is 0.476. The Morgan fingerprint density at radius 2 is 1.90 bits per heavy atom. The SMILES string of the molecule is CCN(CC)C(N)=NCc1coc(-c2ccccc2)n1.I. The Morgan fingerprint density at radius 3 is 2.52 bits per heavy atom. The predicted octanol–water partition coefficient (Wildman–Crippen LogP) is 3.12. The third kappa shape index (κ3) is 4.73. The van der Waals surface area contributed by atoms with Gasteiger partial charge >= 0.3 is 0 Å². The van der Waals surface area contributed by atoms with Gasteiger partial charge in [0.1, 0.15) is 12.0 Å². The van der Waals surface area contributed by atoms with E-state index in [4.69, 9.17) is 10.2 Å². The van der Waals surface area contributed by atoms with E-state index in [2.05, 4.69) is 23.8 Å². The number of nitrogens with two attached hydrogens (primary N) is 1. The van der Waals surface area contributed by atoms with Gasteiger partial charge in [0.2, 0.25) is 5.89 Å². The van der Waals surface area contributed by atoms with Crippen LogP contribution < -0.4 is 5.73 Å². The molecule has 0 amide bonds. The van der Waals surface area contributed by atoms with E-state index in [1.165, 1.54) is 0 Å². The summed E-state index contributed by atoms with van der Waals surface area (Å²) in [4.78, 5) is 10.8. The smallest absolute Gasteiger partial charge is 0.226 e. The van der Waals surface area contributed by atoms with Crippen molar-refractivity contribution in [3.8, 4) is 11.5 Å². The monoisotopic (exact) mass is 400 g/mol. The van der Waals surface area contributed by atoms with Crippen molar-refractivity contribution in [1.82, 2.24) is 9.88 Å². The number of nitrogens with zero attached hydrogens (tertiary/aromatic N) is 3. The van der Waals surface area contributed by atoms with Crippen molar-refractivity contribution in [3.63, 3.8) is 0 Å². The summed E-state index contributed by atoms with van der Waals surface area (Å²) >= 11 is 0. The molecule has 0 atom stereocenters. The second kappa shape index (κ2) is 8.66. The van der Waals surface area contributed by atoms with Gasteiger partial charge in [0.15, 0.2) is 5.96 Å². The first kappa shape index (κ1) is 17.5. The van der Waals surface area contributed by atoms with Gasteiger partial charge in [-0.15, -0.1) is 24.0 Å². The molecule has 2 rings (SSSR count). The molecular weight excluding hydrogens is 379 g/mol. The zero-order chi connectivity index (χ0) is 14.4. The third-order valence-electron chi connectivity index (χ3n) is 3.06. The van der Waals surface area contributed by atoms with Crippen molar-refractivity contribution in [2.75, 3.05) is 13.1 Å². The highest BCUT2D eigenvalue weighted by Crippen LogP contribution is 2.18. The summed E-state index contributed by atoms with van der Waals surface area (Å²) in [6.45, 7) is 6.23. The van der Waals surface area contributed by atoms with E-state index in [-0.39, 0.29) is 24.0 Å². The van der Waals surface area contributed by atoms with Gasteiger partial charge in [-0.3, -0.25) is 0 Å². The highest BCUT2D eigenvalue weighted by Gasteiger charge is 2.07.